The first-order valence-corrected chi connectivity index (χ1v) is 7.64. The third-order valence-corrected chi connectivity index (χ3v) is 4.79. The molecule has 0 spiro atoms. The van der Waals surface area contributed by atoms with Gasteiger partial charge in [0.1, 0.15) is 11.6 Å². The van der Waals surface area contributed by atoms with Gasteiger partial charge in [0.05, 0.1) is 11.6 Å². The summed E-state index contributed by atoms with van der Waals surface area (Å²) < 4.78 is 13.4. The quantitative estimate of drug-likeness (QED) is 0.858. The van der Waals surface area contributed by atoms with Crippen molar-refractivity contribution in [3.05, 3.63) is 35.1 Å². The Balaban J connectivity index is 1.79. The minimum Gasteiger partial charge on any atom is -0.299 e. The molecule has 1 saturated carbocycles. The van der Waals surface area contributed by atoms with Gasteiger partial charge in [-0.25, -0.2) is 4.39 Å². The highest BCUT2D eigenvalue weighted by molar-refractivity contribution is 5.83. The second kappa shape index (κ2) is 5.95. The van der Waals surface area contributed by atoms with E-state index in [9.17, 15) is 9.18 Å². The minimum atomic E-state index is -0.309. The van der Waals surface area contributed by atoms with Crippen molar-refractivity contribution < 1.29 is 9.18 Å². The monoisotopic (exact) mass is 286 g/mol. The molecule has 2 fully saturated rings. The first-order valence-electron chi connectivity index (χ1n) is 7.64. The highest BCUT2D eigenvalue weighted by atomic mass is 19.1. The lowest BCUT2D eigenvalue weighted by molar-refractivity contribution is -0.122. The maximum absolute atomic E-state index is 13.4. The lowest BCUT2D eigenvalue weighted by atomic mass is 9.94. The van der Waals surface area contributed by atoms with E-state index in [-0.39, 0.29) is 17.8 Å². The molecule has 0 N–H and O–H groups in total. The first-order chi connectivity index (χ1) is 10.2. The summed E-state index contributed by atoms with van der Waals surface area (Å²) >= 11 is 0. The molecule has 0 aromatic heterocycles. The van der Waals surface area contributed by atoms with Crippen LogP contribution >= 0.6 is 0 Å². The normalized spacial score (nSPS) is 26.2. The molecule has 21 heavy (non-hydrogen) atoms. The van der Waals surface area contributed by atoms with E-state index in [1.807, 2.05) is 0 Å². The second-order valence-electron chi connectivity index (χ2n) is 6.06. The topological polar surface area (TPSA) is 44.1 Å². The smallest absolute Gasteiger partial charge is 0.137 e. The Morgan fingerprint density at radius 3 is 2.90 bits per heavy atom. The van der Waals surface area contributed by atoms with Crippen LogP contribution in [-0.2, 0) is 11.3 Å². The largest absolute Gasteiger partial charge is 0.299 e. The van der Waals surface area contributed by atoms with Gasteiger partial charge < -0.3 is 0 Å². The molecule has 1 saturated heterocycles. The van der Waals surface area contributed by atoms with E-state index in [2.05, 4.69) is 11.0 Å². The van der Waals surface area contributed by atoms with Crippen molar-refractivity contribution in [2.24, 2.45) is 5.92 Å². The van der Waals surface area contributed by atoms with Crippen molar-refractivity contribution >= 4 is 5.78 Å². The van der Waals surface area contributed by atoms with E-state index >= 15 is 0 Å². The highest BCUT2D eigenvalue weighted by Gasteiger charge is 2.38. The molecule has 3 nitrogen and oxygen atoms in total. The van der Waals surface area contributed by atoms with Gasteiger partial charge in [-0.1, -0.05) is 0 Å². The second-order valence-corrected chi connectivity index (χ2v) is 6.06. The Hall–Kier alpha value is -1.73. The Morgan fingerprint density at radius 2 is 2.19 bits per heavy atom. The van der Waals surface area contributed by atoms with E-state index in [4.69, 9.17) is 5.26 Å². The van der Waals surface area contributed by atoms with Crippen molar-refractivity contribution in [3.8, 4) is 6.07 Å². The van der Waals surface area contributed by atoms with E-state index in [0.717, 1.165) is 37.8 Å². The molecule has 0 radical (unpaired) electrons. The molecule has 0 amide bonds. The van der Waals surface area contributed by atoms with Crippen LogP contribution in [0.3, 0.4) is 0 Å². The number of hydrogen-bond acceptors (Lipinski definition) is 3. The van der Waals surface area contributed by atoms with Crippen molar-refractivity contribution in [2.75, 3.05) is 6.54 Å². The number of likely N-dealkylation sites (tertiary alicyclic amines) is 1. The fourth-order valence-electron chi connectivity index (χ4n) is 3.77. The van der Waals surface area contributed by atoms with Crippen molar-refractivity contribution in [3.63, 3.8) is 0 Å². The van der Waals surface area contributed by atoms with Crippen LogP contribution < -0.4 is 0 Å². The molecule has 1 aliphatic heterocycles. The molecule has 0 bridgehead atoms. The fraction of sp³-hybridized carbons (Fsp3) is 0.529. The van der Waals surface area contributed by atoms with Crippen molar-refractivity contribution in [1.82, 2.24) is 4.90 Å². The maximum Gasteiger partial charge on any atom is 0.137 e. The number of halogens is 1. The number of carbonyl (C=O) groups excluding carboxylic acids is 1. The zero-order valence-corrected chi connectivity index (χ0v) is 12.0. The van der Waals surface area contributed by atoms with Crippen LogP contribution in [0.2, 0.25) is 0 Å². The SMILES string of the molecule is N#Cc1ccc(F)cc1CN1CCCC1C1CCCC1=O. The number of Topliss-reactive ketones (excluding diaryl/α,β-unsaturated/α-hetero) is 1. The third kappa shape index (κ3) is 2.84. The Labute approximate surface area is 124 Å². The molecule has 110 valence electrons. The van der Waals surface area contributed by atoms with Crippen LogP contribution in [0.1, 0.15) is 43.2 Å². The molecule has 1 aliphatic carbocycles. The molecule has 3 rings (SSSR count). The molecule has 1 heterocycles. The summed E-state index contributed by atoms with van der Waals surface area (Å²) in [7, 11) is 0. The molecule has 2 unspecified atom stereocenters. The van der Waals surface area contributed by atoms with E-state index in [1.165, 1.54) is 18.2 Å². The number of ketones is 1. The predicted octanol–water partition coefficient (Wildman–Crippen LogP) is 3.03. The highest BCUT2D eigenvalue weighted by Crippen LogP contribution is 2.34. The summed E-state index contributed by atoms with van der Waals surface area (Å²) in [6.07, 6.45) is 4.79. The summed E-state index contributed by atoms with van der Waals surface area (Å²) in [6, 6.07) is 6.71. The van der Waals surface area contributed by atoms with Crippen molar-refractivity contribution in [1.29, 1.82) is 5.26 Å². The number of benzene rings is 1. The number of carbonyl (C=O) groups is 1. The van der Waals surface area contributed by atoms with Gasteiger partial charge in [-0.15, -0.1) is 0 Å². The zero-order valence-electron chi connectivity index (χ0n) is 12.0. The molecular formula is C17H19FN2O. The van der Waals surface area contributed by atoms with Gasteiger partial charge >= 0.3 is 0 Å². The molecule has 2 aliphatic rings. The summed E-state index contributed by atoms with van der Waals surface area (Å²) in [5.41, 5.74) is 1.26. The zero-order chi connectivity index (χ0) is 14.8. The lowest BCUT2D eigenvalue weighted by Gasteiger charge is -2.28. The average molecular weight is 286 g/mol. The molecule has 1 aromatic carbocycles. The number of hydrogen-bond donors (Lipinski definition) is 0. The van der Waals surface area contributed by atoms with E-state index < -0.39 is 0 Å². The lowest BCUT2D eigenvalue weighted by Crippen LogP contribution is -2.37. The summed E-state index contributed by atoms with van der Waals surface area (Å²) in [5.74, 6) is 0.218. The van der Waals surface area contributed by atoms with Crippen LogP contribution in [0.25, 0.3) is 0 Å². The van der Waals surface area contributed by atoms with Crippen LogP contribution in [0.5, 0.6) is 0 Å². The van der Waals surface area contributed by atoms with Crippen LogP contribution in [-0.4, -0.2) is 23.3 Å². The predicted molar refractivity (Wildman–Crippen MR) is 76.9 cm³/mol. The number of nitriles is 1. The standard InChI is InChI=1S/C17H19FN2O/c18-14-7-6-12(10-19)13(9-14)11-20-8-2-4-16(20)15-3-1-5-17(15)21/h6-7,9,15-16H,1-5,8,11H2. The van der Waals surface area contributed by atoms with Crippen LogP contribution in [0.15, 0.2) is 18.2 Å². The number of rotatable bonds is 3. The Morgan fingerprint density at radius 1 is 1.33 bits per heavy atom. The van der Waals surface area contributed by atoms with Gasteiger partial charge in [-0.05, 0) is 56.0 Å². The number of nitrogens with zero attached hydrogens (tertiary/aromatic N) is 2. The molecule has 1 aromatic rings. The minimum absolute atomic E-state index is 0.145. The van der Waals surface area contributed by atoms with Gasteiger partial charge in [0.15, 0.2) is 0 Å². The first kappa shape index (κ1) is 14.2. The van der Waals surface area contributed by atoms with Crippen LogP contribution in [0.4, 0.5) is 4.39 Å². The summed E-state index contributed by atoms with van der Waals surface area (Å²) in [5, 5.41) is 9.16. The Bertz CT molecular complexity index is 593. The summed E-state index contributed by atoms with van der Waals surface area (Å²) in [4.78, 5) is 14.3. The molecule has 2 atom stereocenters. The molecular weight excluding hydrogens is 267 g/mol. The van der Waals surface area contributed by atoms with Gasteiger partial charge in [-0.2, -0.15) is 5.26 Å². The fourth-order valence-corrected chi connectivity index (χ4v) is 3.77. The van der Waals surface area contributed by atoms with Crippen molar-refractivity contribution in [2.45, 2.75) is 44.7 Å². The maximum atomic E-state index is 13.4. The van der Waals surface area contributed by atoms with Gasteiger partial charge in [0.25, 0.3) is 0 Å². The molecule has 4 heteroatoms. The van der Waals surface area contributed by atoms with E-state index in [0.29, 0.717) is 24.3 Å². The van der Waals surface area contributed by atoms with E-state index in [1.54, 1.807) is 0 Å². The summed E-state index contributed by atoms with van der Waals surface area (Å²) in [6.45, 7) is 1.49. The van der Waals surface area contributed by atoms with Gasteiger partial charge in [0.2, 0.25) is 0 Å². The van der Waals surface area contributed by atoms with Gasteiger partial charge in [-0.3, -0.25) is 9.69 Å². The Kier molecular flexibility index (Phi) is 4.03. The van der Waals surface area contributed by atoms with Gasteiger partial charge in [0, 0.05) is 24.9 Å². The average Bonchev–Trinajstić information content (AvgIpc) is 3.08. The van der Waals surface area contributed by atoms with Crippen LogP contribution in [0, 0.1) is 23.1 Å². The third-order valence-electron chi connectivity index (χ3n) is 4.79.